The van der Waals surface area contributed by atoms with E-state index in [1.165, 1.54) is 0 Å². The van der Waals surface area contributed by atoms with E-state index in [9.17, 15) is 4.79 Å². The van der Waals surface area contributed by atoms with Crippen LogP contribution in [0.5, 0.6) is 0 Å². The van der Waals surface area contributed by atoms with Gasteiger partial charge in [-0.25, -0.2) is 9.97 Å². The molecule has 1 aromatic rings. The highest BCUT2D eigenvalue weighted by Crippen LogP contribution is 2.27. The van der Waals surface area contributed by atoms with Gasteiger partial charge >= 0.3 is 0 Å². The minimum absolute atomic E-state index is 0.0601. The molecule has 1 aromatic heterocycles. The summed E-state index contributed by atoms with van der Waals surface area (Å²) in [4.78, 5) is 23.0. The molecule has 1 saturated heterocycles. The van der Waals surface area contributed by atoms with Gasteiger partial charge < -0.3 is 10.2 Å². The summed E-state index contributed by atoms with van der Waals surface area (Å²) in [7, 11) is 0. The first-order chi connectivity index (χ1) is 9.58. The minimum Gasteiger partial charge on any atom is -0.353 e. The summed E-state index contributed by atoms with van der Waals surface area (Å²) >= 11 is 6.22. The van der Waals surface area contributed by atoms with Crippen molar-refractivity contribution in [1.29, 1.82) is 0 Å². The standard InChI is InChI=1S/C14H21ClN4O/c1-4-6-11-17-12(15)9(3)13(18-11)19-8-7-16-14(20)10(19)5-2/h10H,4-8H2,1-3H3,(H,16,20). The molecule has 1 amide bonds. The highest BCUT2D eigenvalue weighted by atomic mass is 35.5. The van der Waals surface area contributed by atoms with E-state index in [1.54, 1.807) is 0 Å². The quantitative estimate of drug-likeness (QED) is 0.865. The maximum absolute atomic E-state index is 12.0. The second kappa shape index (κ2) is 6.39. The summed E-state index contributed by atoms with van der Waals surface area (Å²) in [5, 5.41) is 3.39. The van der Waals surface area contributed by atoms with Crippen LogP contribution in [-0.4, -0.2) is 35.0 Å². The molecular weight excluding hydrogens is 276 g/mol. The molecule has 20 heavy (non-hydrogen) atoms. The summed E-state index contributed by atoms with van der Waals surface area (Å²) in [5.41, 5.74) is 0.847. The molecule has 5 nitrogen and oxygen atoms in total. The number of rotatable bonds is 4. The summed E-state index contributed by atoms with van der Waals surface area (Å²) in [6, 6.07) is -0.178. The van der Waals surface area contributed by atoms with Gasteiger partial charge in [0.25, 0.3) is 0 Å². The van der Waals surface area contributed by atoms with E-state index in [0.717, 1.165) is 43.0 Å². The number of piperazine rings is 1. The zero-order valence-corrected chi connectivity index (χ0v) is 13.0. The second-order valence-electron chi connectivity index (χ2n) is 5.04. The largest absolute Gasteiger partial charge is 0.353 e. The number of hydrogen-bond donors (Lipinski definition) is 1. The number of carbonyl (C=O) groups is 1. The van der Waals surface area contributed by atoms with E-state index in [0.29, 0.717) is 11.7 Å². The van der Waals surface area contributed by atoms with Crippen molar-refractivity contribution in [2.75, 3.05) is 18.0 Å². The summed E-state index contributed by atoms with van der Waals surface area (Å²) in [5.74, 6) is 1.61. The molecule has 6 heteroatoms. The predicted octanol–water partition coefficient (Wildman–Crippen LogP) is 2.11. The number of anilines is 1. The molecule has 2 heterocycles. The van der Waals surface area contributed by atoms with Gasteiger partial charge in [-0.1, -0.05) is 25.4 Å². The van der Waals surface area contributed by atoms with Crippen LogP contribution in [0.25, 0.3) is 0 Å². The lowest BCUT2D eigenvalue weighted by molar-refractivity contribution is -0.123. The van der Waals surface area contributed by atoms with Crippen molar-refractivity contribution in [2.24, 2.45) is 0 Å². The fraction of sp³-hybridized carbons (Fsp3) is 0.643. The number of carbonyl (C=O) groups excluding carboxylic acids is 1. The Morgan fingerprint density at radius 3 is 2.80 bits per heavy atom. The van der Waals surface area contributed by atoms with Crippen LogP contribution < -0.4 is 10.2 Å². The minimum atomic E-state index is -0.178. The van der Waals surface area contributed by atoms with Crippen LogP contribution in [0.1, 0.15) is 38.1 Å². The van der Waals surface area contributed by atoms with Gasteiger partial charge in [0.15, 0.2) is 0 Å². The molecule has 0 bridgehead atoms. The molecule has 1 N–H and O–H groups in total. The van der Waals surface area contributed by atoms with E-state index in [-0.39, 0.29) is 11.9 Å². The van der Waals surface area contributed by atoms with E-state index in [1.807, 2.05) is 13.8 Å². The number of nitrogens with zero attached hydrogens (tertiary/aromatic N) is 3. The first-order valence-electron chi connectivity index (χ1n) is 7.15. The Morgan fingerprint density at radius 1 is 1.40 bits per heavy atom. The molecule has 1 aliphatic rings. The Bertz CT molecular complexity index is 506. The molecule has 0 saturated carbocycles. The van der Waals surface area contributed by atoms with Crippen molar-refractivity contribution < 1.29 is 4.79 Å². The Labute approximate surface area is 124 Å². The smallest absolute Gasteiger partial charge is 0.242 e. The maximum Gasteiger partial charge on any atom is 0.242 e. The SMILES string of the molecule is CCCc1nc(Cl)c(C)c(N2CCNC(=O)C2CC)n1. The van der Waals surface area contributed by atoms with Crippen molar-refractivity contribution in [3.63, 3.8) is 0 Å². The fourth-order valence-electron chi connectivity index (χ4n) is 2.51. The van der Waals surface area contributed by atoms with Crippen molar-refractivity contribution in [3.8, 4) is 0 Å². The van der Waals surface area contributed by atoms with Crippen molar-refractivity contribution in [2.45, 2.75) is 46.1 Å². The molecule has 0 aromatic carbocycles. The third-order valence-electron chi connectivity index (χ3n) is 3.57. The lowest BCUT2D eigenvalue weighted by Crippen LogP contribution is -2.55. The van der Waals surface area contributed by atoms with Crippen LogP contribution in [0.2, 0.25) is 5.15 Å². The Kier molecular flexibility index (Phi) is 4.81. The molecule has 1 unspecified atom stereocenters. The van der Waals surface area contributed by atoms with Crippen LogP contribution in [0.3, 0.4) is 0 Å². The van der Waals surface area contributed by atoms with Gasteiger partial charge in [0.05, 0.1) is 0 Å². The third-order valence-corrected chi connectivity index (χ3v) is 3.94. The van der Waals surface area contributed by atoms with Gasteiger partial charge in [-0.15, -0.1) is 0 Å². The topological polar surface area (TPSA) is 58.1 Å². The molecular formula is C14H21ClN4O. The number of hydrogen-bond acceptors (Lipinski definition) is 4. The van der Waals surface area contributed by atoms with E-state index in [4.69, 9.17) is 11.6 Å². The summed E-state index contributed by atoms with van der Waals surface area (Å²) in [6.07, 6.45) is 2.51. The Balaban J connectivity index is 2.41. The van der Waals surface area contributed by atoms with Crippen LogP contribution in [0, 0.1) is 6.92 Å². The first-order valence-corrected chi connectivity index (χ1v) is 7.53. The van der Waals surface area contributed by atoms with Gasteiger partial charge in [-0.2, -0.15) is 0 Å². The average molecular weight is 297 g/mol. The highest BCUT2D eigenvalue weighted by molar-refractivity contribution is 6.30. The predicted molar refractivity (Wildman–Crippen MR) is 80.2 cm³/mol. The van der Waals surface area contributed by atoms with Crippen LogP contribution in [0.4, 0.5) is 5.82 Å². The fourth-order valence-corrected chi connectivity index (χ4v) is 2.69. The van der Waals surface area contributed by atoms with Crippen molar-refractivity contribution in [1.82, 2.24) is 15.3 Å². The molecule has 2 rings (SSSR count). The molecule has 0 aliphatic carbocycles. The molecule has 1 atom stereocenters. The normalized spacial score (nSPS) is 19.1. The number of aromatic nitrogens is 2. The Hall–Kier alpha value is -1.36. The molecule has 1 fully saturated rings. The summed E-state index contributed by atoms with van der Waals surface area (Å²) < 4.78 is 0. The zero-order valence-electron chi connectivity index (χ0n) is 12.2. The average Bonchev–Trinajstić information content (AvgIpc) is 2.42. The van der Waals surface area contributed by atoms with Crippen LogP contribution in [0.15, 0.2) is 0 Å². The first kappa shape index (κ1) is 15.0. The monoisotopic (exact) mass is 296 g/mol. The van der Waals surface area contributed by atoms with Crippen LogP contribution >= 0.6 is 11.6 Å². The van der Waals surface area contributed by atoms with Gasteiger partial charge in [0.1, 0.15) is 22.8 Å². The van der Waals surface area contributed by atoms with Crippen molar-refractivity contribution >= 4 is 23.3 Å². The summed E-state index contributed by atoms with van der Waals surface area (Å²) in [6.45, 7) is 7.39. The third kappa shape index (κ3) is 2.87. The Morgan fingerprint density at radius 2 is 2.15 bits per heavy atom. The number of halogens is 1. The lowest BCUT2D eigenvalue weighted by Gasteiger charge is -2.36. The van der Waals surface area contributed by atoms with Gasteiger partial charge in [0.2, 0.25) is 5.91 Å². The number of nitrogens with one attached hydrogen (secondary N) is 1. The second-order valence-corrected chi connectivity index (χ2v) is 5.40. The lowest BCUT2D eigenvalue weighted by atomic mass is 10.1. The zero-order chi connectivity index (χ0) is 14.7. The maximum atomic E-state index is 12.0. The van der Waals surface area contributed by atoms with E-state index < -0.39 is 0 Å². The van der Waals surface area contributed by atoms with Gasteiger partial charge in [-0.05, 0) is 19.8 Å². The number of aryl methyl sites for hydroxylation is 1. The number of amides is 1. The van der Waals surface area contributed by atoms with Crippen LogP contribution in [-0.2, 0) is 11.2 Å². The highest BCUT2D eigenvalue weighted by Gasteiger charge is 2.30. The van der Waals surface area contributed by atoms with E-state index >= 15 is 0 Å². The molecule has 0 spiro atoms. The van der Waals surface area contributed by atoms with E-state index in [2.05, 4.69) is 27.1 Å². The molecule has 0 radical (unpaired) electrons. The van der Waals surface area contributed by atoms with Gasteiger partial charge in [0, 0.05) is 25.1 Å². The van der Waals surface area contributed by atoms with Crippen molar-refractivity contribution in [3.05, 3.63) is 16.5 Å². The van der Waals surface area contributed by atoms with Gasteiger partial charge in [-0.3, -0.25) is 4.79 Å². The molecule has 110 valence electrons. The molecule has 1 aliphatic heterocycles.